The van der Waals surface area contributed by atoms with Gasteiger partial charge in [0.1, 0.15) is 16.5 Å². The highest BCUT2D eigenvalue weighted by Crippen LogP contribution is 2.20. The molecule has 0 atom stereocenters. The third-order valence-electron chi connectivity index (χ3n) is 3.32. The fraction of sp³-hybridized carbons (Fsp3) is 0.267. The summed E-state index contributed by atoms with van der Waals surface area (Å²) < 4.78 is 5.06. The fourth-order valence-corrected chi connectivity index (χ4v) is 2.86. The van der Waals surface area contributed by atoms with Gasteiger partial charge in [0.25, 0.3) is 0 Å². The van der Waals surface area contributed by atoms with E-state index in [2.05, 4.69) is 25.4 Å². The summed E-state index contributed by atoms with van der Waals surface area (Å²) in [7, 11) is 0. The molecule has 8 heteroatoms. The van der Waals surface area contributed by atoms with Gasteiger partial charge in [-0.05, 0) is 13.8 Å². The van der Waals surface area contributed by atoms with Gasteiger partial charge in [-0.2, -0.15) is 0 Å². The molecule has 0 bridgehead atoms. The second-order valence-corrected chi connectivity index (χ2v) is 5.85. The van der Waals surface area contributed by atoms with Crippen molar-refractivity contribution in [2.75, 3.05) is 0 Å². The predicted octanol–water partition coefficient (Wildman–Crippen LogP) is 2.06. The molecular weight excluding hydrogens is 314 g/mol. The Bertz CT molecular complexity index is 793. The van der Waals surface area contributed by atoms with Crippen molar-refractivity contribution in [1.29, 1.82) is 0 Å². The van der Waals surface area contributed by atoms with E-state index >= 15 is 0 Å². The first-order valence-electron chi connectivity index (χ1n) is 7.02. The molecule has 23 heavy (non-hydrogen) atoms. The molecule has 0 saturated carbocycles. The summed E-state index contributed by atoms with van der Waals surface area (Å²) in [6.45, 7) is 4.00. The zero-order chi connectivity index (χ0) is 16.2. The monoisotopic (exact) mass is 329 g/mol. The van der Waals surface area contributed by atoms with E-state index in [0.29, 0.717) is 12.3 Å². The molecule has 1 amide bonds. The van der Waals surface area contributed by atoms with E-state index in [1.165, 1.54) is 11.3 Å². The van der Waals surface area contributed by atoms with Crippen LogP contribution < -0.4 is 5.32 Å². The SMILES string of the molecule is Cc1noc(C)c1CC(=O)NCc1csc(-c2cnccn2)n1. The maximum Gasteiger partial charge on any atom is 0.224 e. The molecule has 0 unspecified atom stereocenters. The quantitative estimate of drug-likeness (QED) is 0.770. The maximum absolute atomic E-state index is 12.0. The number of carbonyl (C=O) groups excluding carboxylic acids is 1. The van der Waals surface area contributed by atoms with Crippen LogP contribution in [0.4, 0.5) is 0 Å². The highest BCUT2D eigenvalue weighted by atomic mass is 32.1. The summed E-state index contributed by atoms with van der Waals surface area (Å²) in [4.78, 5) is 24.7. The number of thiazole rings is 1. The number of hydrogen-bond acceptors (Lipinski definition) is 7. The Morgan fingerprint density at radius 1 is 1.35 bits per heavy atom. The Labute approximate surface area is 136 Å². The normalized spacial score (nSPS) is 10.7. The summed E-state index contributed by atoms with van der Waals surface area (Å²) in [6, 6.07) is 0. The number of aromatic nitrogens is 4. The lowest BCUT2D eigenvalue weighted by molar-refractivity contribution is -0.120. The van der Waals surface area contributed by atoms with Crippen LogP contribution >= 0.6 is 11.3 Å². The van der Waals surface area contributed by atoms with E-state index in [4.69, 9.17) is 4.52 Å². The molecule has 7 nitrogen and oxygen atoms in total. The van der Waals surface area contributed by atoms with E-state index < -0.39 is 0 Å². The summed E-state index contributed by atoms with van der Waals surface area (Å²) in [5, 5.41) is 9.39. The Balaban J connectivity index is 1.59. The zero-order valence-electron chi connectivity index (χ0n) is 12.7. The van der Waals surface area contributed by atoms with Crippen LogP contribution in [0.25, 0.3) is 10.7 Å². The first kappa shape index (κ1) is 15.3. The molecule has 3 heterocycles. The zero-order valence-corrected chi connectivity index (χ0v) is 13.6. The van der Waals surface area contributed by atoms with Gasteiger partial charge in [0.15, 0.2) is 0 Å². The molecule has 0 aliphatic heterocycles. The Kier molecular flexibility index (Phi) is 4.42. The van der Waals surface area contributed by atoms with E-state index in [-0.39, 0.29) is 12.3 Å². The van der Waals surface area contributed by atoms with Gasteiger partial charge in [-0.25, -0.2) is 4.98 Å². The number of carbonyl (C=O) groups is 1. The van der Waals surface area contributed by atoms with Gasteiger partial charge in [0.2, 0.25) is 5.91 Å². The molecule has 3 rings (SSSR count). The van der Waals surface area contributed by atoms with E-state index in [0.717, 1.165) is 27.7 Å². The van der Waals surface area contributed by atoms with Gasteiger partial charge >= 0.3 is 0 Å². The van der Waals surface area contributed by atoms with Crippen molar-refractivity contribution in [1.82, 2.24) is 25.4 Å². The molecule has 0 radical (unpaired) electrons. The van der Waals surface area contributed by atoms with E-state index in [1.807, 2.05) is 12.3 Å². The van der Waals surface area contributed by atoms with Crippen LogP contribution in [0.3, 0.4) is 0 Å². The standard InChI is InChI=1S/C15H15N5O2S/c1-9-12(10(2)22-20-9)5-14(21)18-6-11-8-23-15(19-11)13-7-16-3-4-17-13/h3-4,7-8H,5-6H2,1-2H3,(H,18,21). The van der Waals surface area contributed by atoms with Crippen molar-refractivity contribution in [3.63, 3.8) is 0 Å². The van der Waals surface area contributed by atoms with Crippen LogP contribution in [0.1, 0.15) is 22.7 Å². The minimum Gasteiger partial charge on any atom is -0.361 e. The second-order valence-electron chi connectivity index (χ2n) is 4.99. The molecule has 0 fully saturated rings. The van der Waals surface area contributed by atoms with Crippen LogP contribution in [0, 0.1) is 13.8 Å². The Morgan fingerprint density at radius 2 is 2.22 bits per heavy atom. The molecule has 3 aromatic rings. The van der Waals surface area contributed by atoms with Gasteiger partial charge in [0, 0.05) is 23.3 Å². The lowest BCUT2D eigenvalue weighted by Gasteiger charge is -2.03. The molecular formula is C15H15N5O2S. The molecule has 0 spiro atoms. The minimum atomic E-state index is -0.0894. The first-order valence-corrected chi connectivity index (χ1v) is 7.90. The van der Waals surface area contributed by atoms with Crippen molar-refractivity contribution >= 4 is 17.2 Å². The number of amides is 1. The highest BCUT2D eigenvalue weighted by molar-refractivity contribution is 7.13. The summed E-state index contributed by atoms with van der Waals surface area (Å²) in [5.41, 5.74) is 3.10. The molecule has 0 aliphatic carbocycles. The Morgan fingerprint density at radius 3 is 2.91 bits per heavy atom. The van der Waals surface area contributed by atoms with Crippen molar-refractivity contribution in [2.45, 2.75) is 26.8 Å². The molecule has 0 aliphatic rings. The lowest BCUT2D eigenvalue weighted by Crippen LogP contribution is -2.25. The molecule has 1 N–H and O–H groups in total. The summed E-state index contributed by atoms with van der Waals surface area (Å²) >= 11 is 1.47. The van der Waals surface area contributed by atoms with Crippen LogP contribution in [0.2, 0.25) is 0 Å². The van der Waals surface area contributed by atoms with Crippen LogP contribution in [0.15, 0.2) is 28.5 Å². The largest absolute Gasteiger partial charge is 0.361 e. The van der Waals surface area contributed by atoms with Gasteiger partial charge in [0.05, 0.1) is 30.6 Å². The maximum atomic E-state index is 12.0. The number of rotatable bonds is 5. The second kappa shape index (κ2) is 6.66. The number of nitrogens with zero attached hydrogens (tertiary/aromatic N) is 4. The average Bonchev–Trinajstić information content (AvgIpc) is 3.16. The fourth-order valence-electron chi connectivity index (χ4n) is 2.08. The predicted molar refractivity (Wildman–Crippen MR) is 84.7 cm³/mol. The minimum absolute atomic E-state index is 0.0894. The highest BCUT2D eigenvalue weighted by Gasteiger charge is 2.14. The number of nitrogens with one attached hydrogen (secondary N) is 1. The Hall–Kier alpha value is -2.61. The van der Waals surface area contributed by atoms with Crippen LogP contribution in [-0.2, 0) is 17.8 Å². The van der Waals surface area contributed by atoms with E-state index in [1.54, 1.807) is 25.5 Å². The molecule has 3 aromatic heterocycles. The van der Waals surface area contributed by atoms with Gasteiger partial charge < -0.3 is 9.84 Å². The van der Waals surface area contributed by atoms with Crippen molar-refractivity contribution in [3.8, 4) is 10.7 Å². The van der Waals surface area contributed by atoms with Gasteiger partial charge in [-0.15, -0.1) is 11.3 Å². The average molecular weight is 329 g/mol. The summed E-state index contributed by atoms with van der Waals surface area (Å²) in [5.74, 6) is 0.588. The van der Waals surface area contributed by atoms with Gasteiger partial charge in [-0.3, -0.25) is 14.8 Å². The molecule has 0 aromatic carbocycles. The van der Waals surface area contributed by atoms with Gasteiger partial charge in [-0.1, -0.05) is 5.16 Å². The topological polar surface area (TPSA) is 93.8 Å². The smallest absolute Gasteiger partial charge is 0.224 e. The third kappa shape index (κ3) is 3.59. The third-order valence-corrected chi connectivity index (χ3v) is 4.23. The number of aryl methyl sites for hydroxylation is 2. The first-order chi connectivity index (χ1) is 11.1. The van der Waals surface area contributed by atoms with Crippen LogP contribution in [-0.4, -0.2) is 26.0 Å². The van der Waals surface area contributed by atoms with Crippen LogP contribution in [0.5, 0.6) is 0 Å². The van der Waals surface area contributed by atoms with Crippen molar-refractivity contribution in [3.05, 3.63) is 46.7 Å². The van der Waals surface area contributed by atoms with Crippen molar-refractivity contribution < 1.29 is 9.32 Å². The number of hydrogen-bond donors (Lipinski definition) is 1. The summed E-state index contributed by atoms with van der Waals surface area (Å²) in [6.07, 6.45) is 5.16. The molecule has 0 saturated heterocycles. The van der Waals surface area contributed by atoms with Crippen molar-refractivity contribution in [2.24, 2.45) is 0 Å². The lowest BCUT2D eigenvalue weighted by atomic mass is 10.1. The van der Waals surface area contributed by atoms with E-state index in [9.17, 15) is 4.79 Å². The molecule has 118 valence electrons.